The van der Waals surface area contributed by atoms with E-state index in [0.717, 1.165) is 51.3 Å². The summed E-state index contributed by atoms with van der Waals surface area (Å²) in [5.74, 6) is 0. The molecule has 16 N–H and O–H groups in total. The van der Waals surface area contributed by atoms with Gasteiger partial charge < -0.3 is 45.9 Å². The fraction of sp³-hybridized carbons (Fsp3) is 0.200. The van der Waals surface area contributed by atoms with Crippen LogP contribution in [0.4, 0.5) is 58.7 Å². The molecular formula is C30H39Cl2F3N8. The average Bonchev–Trinajstić information content (AvgIpc) is 2.88. The molecule has 0 heterocycles. The summed E-state index contributed by atoms with van der Waals surface area (Å²) >= 11 is 11.5. The maximum Gasteiger partial charge on any atom is 0.418 e. The van der Waals surface area contributed by atoms with Crippen molar-refractivity contribution in [2.24, 2.45) is 0 Å². The second kappa shape index (κ2) is 15.2. The predicted molar refractivity (Wildman–Crippen MR) is 180 cm³/mol. The van der Waals surface area contributed by atoms with Crippen LogP contribution in [0.15, 0.2) is 48.5 Å². The normalized spacial score (nSPS) is 10.4. The van der Waals surface area contributed by atoms with Crippen molar-refractivity contribution in [3.8, 4) is 0 Å². The first-order valence-corrected chi connectivity index (χ1v) is 13.4. The monoisotopic (exact) mass is 638 g/mol. The smallest absolute Gasteiger partial charge is 0.399 e. The summed E-state index contributed by atoms with van der Waals surface area (Å²) < 4.78 is 36.2. The van der Waals surface area contributed by atoms with E-state index in [1.165, 1.54) is 6.07 Å². The summed E-state index contributed by atoms with van der Waals surface area (Å²) in [7, 11) is 0. The van der Waals surface area contributed by atoms with Gasteiger partial charge in [-0.2, -0.15) is 13.2 Å². The van der Waals surface area contributed by atoms with Gasteiger partial charge in [0.2, 0.25) is 0 Å². The van der Waals surface area contributed by atoms with E-state index in [9.17, 15) is 13.2 Å². The maximum absolute atomic E-state index is 12.1. The van der Waals surface area contributed by atoms with Crippen LogP contribution in [0.3, 0.4) is 0 Å². The first-order chi connectivity index (χ1) is 19.7. The van der Waals surface area contributed by atoms with Gasteiger partial charge >= 0.3 is 6.18 Å². The van der Waals surface area contributed by atoms with Crippen molar-refractivity contribution in [1.82, 2.24) is 0 Å². The van der Waals surface area contributed by atoms with Crippen LogP contribution in [0.5, 0.6) is 0 Å². The van der Waals surface area contributed by atoms with Gasteiger partial charge in [-0.05, 0) is 105 Å². The third kappa shape index (κ3) is 10.8. The standard InChI is InChI=1S/C9H14N2.2C7H9ClN2.C7H7F3N2/c1-5-4-6(2)9(11)7(3)8(5)10;1-4-6(8)2-5(9)3-7(4)10;1-4-2-5(8)7(10)3-6(4)9;8-7(9,10)5-2-1-4(11)3-6(5)12/h4H,10-11H2,1-3H3;2*2-3H,9-10H2,1H3;1-3H,11-12H2. The van der Waals surface area contributed by atoms with Crippen LogP contribution in [-0.4, -0.2) is 0 Å². The van der Waals surface area contributed by atoms with Crippen LogP contribution >= 0.6 is 23.2 Å². The van der Waals surface area contributed by atoms with Crippen LogP contribution in [0.1, 0.15) is 33.4 Å². The molecule has 0 aromatic heterocycles. The maximum atomic E-state index is 12.1. The Hall–Kier alpha value is -4.35. The summed E-state index contributed by atoms with van der Waals surface area (Å²) in [6, 6.07) is 11.9. The largest absolute Gasteiger partial charge is 0.418 e. The minimum atomic E-state index is -4.40. The second-order valence-electron chi connectivity index (χ2n) is 9.75. The highest BCUT2D eigenvalue weighted by molar-refractivity contribution is 6.33. The van der Waals surface area contributed by atoms with E-state index in [1.807, 2.05) is 40.7 Å². The quantitative estimate of drug-likeness (QED) is 0.0915. The number of anilines is 8. The van der Waals surface area contributed by atoms with Gasteiger partial charge in [-0.25, -0.2) is 0 Å². The number of aryl methyl sites for hydroxylation is 3. The Morgan fingerprint density at radius 2 is 1.00 bits per heavy atom. The molecule has 0 saturated carbocycles. The third-order valence-corrected chi connectivity index (χ3v) is 6.98. The zero-order valence-electron chi connectivity index (χ0n) is 24.6. The molecule has 234 valence electrons. The zero-order valence-corrected chi connectivity index (χ0v) is 26.1. The zero-order chi connectivity index (χ0) is 33.4. The van der Waals surface area contributed by atoms with E-state index in [1.54, 1.807) is 24.3 Å². The van der Waals surface area contributed by atoms with Crippen LogP contribution in [0, 0.1) is 34.6 Å². The lowest BCUT2D eigenvalue weighted by Gasteiger charge is -2.09. The Morgan fingerprint density at radius 3 is 1.44 bits per heavy atom. The van der Waals surface area contributed by atoms with Crippen molar-refractivity contribution >= 4 is 68.7 Å². The summed E-state index contributed by atoms with van der Waals surface area (Å²) in [4.78, 5) is 0. The fourth-order valence-electron chi connectivity index (χ4n) is 3.49. The molecule has 43 heavy (non-hydrogen) atoms. The van der Waals surface area contributed by atoms with Gasteiger partial charge in [0.15, 0.2) is 0 Å². The third-order valence-electron chi connectivity index (χ3n) is 6.26. The number of benzene rings is 4. The first kappa shape index (κ1) is 36.7. The minimum Gasteiger partial charge on any atom is -0.399 e. The lowest BCUT2D eigenvalue weighted by molar-refractivity contribution is -0.136. The van der Waals surface area contributed by atoms with Crippen LogP contribution in [0.25, 0.3) is 0 Å². The molecule has 8 nitrogen and oxygen atoms in total. The van der Waals surface area contributed by atoms with E-state index in [2.05, 4.69) is 0 Å². The number of hydrogen-bond acceptors (Lipinski definition) is 8. The fourth-order valence-corrected chi connectivity index (χ4v) is 3.94. The van der Waals surface area contributed by atoms with Gasteiger partial charge in [-0.15, -0.1) is 0 Å². The topological polar surface area (TPSA) is 208 Å². The number of nitrogens with two attached hydrogens (primary N) is 8. The van der Waals surface area contributed by atoms with E-state index >= 15 is 0 Å². The predicted octanol–water partition coefficient (Wildman–Crippen LogP) is 7.27. The Kier molecular flexibility index (Phi) is 13.0. The molecule has 0 unspecified atom stereocenters. The molecule has 13 heteroatoms. The van der Waals surface area contributed by atoms with Crippen LogP contribution in [0.2, 0.25) is 10.0 Å². The molecule has 0 aliphatic rings. The van der Waals surface area contributed by atoms with Crippen molar-refractivity contribution in [3.63, 3.8) is 0 Å². The molecule has 4 aromatic rings. The Labute approximate surface area is 260 Å². The van der Waals surface area contributed by atoms with Gasteiger partial charge in [-0.3, -0.25) is 0 Å². The average molecular weight is 640 g/mol. The molecular weight excluding hydrogens is 600 g/mol. The number of rotatable bonds is 0. The van der Waals surface area contributed by atoms with E-state index in [-0.39, 0.29) is 11.4 Å². The molecule has 0 radical (unpaired) electrons. The number of halogens is 5. The van der Waals surface area contributed by atoms with Gasteiger partial charge in [0, 0.05) is 44.8 Å². The summed E-state index contributed by atoms with van der Waals surface area (Å²) in [5, 5.41) is 1.18. The highest BCUT2D eigenvalue weighted by atomic mass is 35.5. The molecule has 4 aromatic carbocycles. The summed E-state index contributed by atoms with van der Waals surface area (Å²) in [6.45, 7) is 9.69. The Morgan fingerprint density at radius 1 is 0.488 bits per heavy atom. The molecule has 0 amide bonds. The lowest BCUT2D eigenvalue weighted by atomic mass is 10.0. The van der Waals surface area contributed by atoms with Crippen molar-refractivity contribution in [3.05, 3.63) is 92.0 Å². The summed E-state index contributed by atoms with van der Waals surface area (Å²) in [5.41, 5.74) is 52.1. The minimum absolute atomic E-state index is 0.223. The lowest BCUT2D eigenvalue weighted by Crippen LogP contribution is -2.08. The number of alkyl halides is 3. The Balaban J connectivity index is 0.000000287. The van der Waals surface area contributed by atoms with E-state index < -0.39 is 11.7 Å². The highest BCUT2D eigenvalue weighted by Gasteiger charge is 2.32. The van der Waals surface area contributed by atoms with Crippen LogP contribution < -0.4 is 45.9 Å². The molecule has 4 rings (SSSR count). The SMILES string of the molecule is Cc1c(N)cc(N)cc1Cl.Cc1cc(C)c(N)c(C)c1N.Cc1cc(Cl)c(N)cc1N.Nc1ccc(C(F)(F)F)c(N)c1. The van der Waals surface area contributed by atoms with Crippen molar-refractivity contribution in [2.75, 3.05) is 45.9 Å². The molecule has 0 aliphatic carbocycles. The highest BCUT2D eigenvalue weighted by Crippen LogP contribution is 2.34. The van der Waals surface area contributed by atoms with Gasteiger partial charge in [-0.1, -0.05) is 29.3 Å². The molecule has 0 aliphatic heterocycles. The first-order valence-electron chi connectivity index (χ1n) is 12.6. The Bertz CT molecular complexity index is 1480. The number of hydrogen-bond donors (Lipinski definition) is 8. The van der Waals surface area contributed by atoms with Crippen LogP contribution in [-0.2, 0) is 6.18 Å². The second-order valence-corrected chi connectivity index (χ2v) is 10.6. The van der Waals surface area contributed by atoms with E-state index in [0.29, 0.717) is 32.8 Å². The van der Waals surface area contributed by atoms with Crippen molar-refractivity contribution in [2.45, 2.75) is 40.8 Å². The molecule has 0 saturated heterocycles. The molecule has 0 fully saturated rings. The molecule has 0 bridgehead atoms. The summed E-state index contributed by atoms with van der Waals surface area (Å²) in [6.07, 6.45) is -4.40. The number of nitrogen functional groups attached to an aromatic ring is 8. The van der Waals surface area contributed by atoms with Gasteiger partial charge in [0.1, 0.15) is 0 Å². The van der Waals surface area contributed by atoms with Gasteiger partial charge in [0.25, 0.3) is 0 Å². The van der Waals surface area contributed by atoms with Crippen molar-refractivity contribution < 1.29 is 13.2 Å². The molecule has 0 atom stereocenters. The van der Waals surface area contributed by atoms with Crippen molar-refractivity contribution in [1.29, 1.82) is 0 Å². The van der Waals surface area contributed by atoms with Gasteiger partial charge in [0.05, 0.1) is 16.3 Å². The van der Waals surface area contributed by atoms with E-state index in [4.69, 9.17) is 69.1 Å². The molecule has 0 spiro atoms.